The summed E-state index contributed by atoms with van der Waals surface area (Å²) < 4.78 is 9.19. The number of fused-ring (bicyclic) bond motifs is 6. The number of nitrogens with zero attached hydrogens (tertiary/aromatic N) is 4. The largest absolute Gasteiger partial charge is 0.455 e. The molecule has 0 spiro atoms. The number of furan rings is 1. The Balaban J connectivity index is 0.982. The molecule has 11 aromatic rings. The number of rotatable bonds is 6. The third-order valence-corrected chi connectivity index (χ3v) is 11.2. The Morgan fingerprint density at radius 3 is 1.46 bits per heavy atom. The lowest BCUT2D eigenvalue weighted by atomic mass is 9.98. The summed E-state index contributed by atoms with van der Waals surface area (Å²) in [7, 11) is 0. The maximum absolute atomic E-state index is 6.85. The third kappa shape index (κ3) is 5.61. The van der Waals surface area contributed by atoms with Crippen LogP contribution in [-0.2, 0) is 0 Å². The van der Waals surface area contributed by atoms with Crippen molar-refractivity contribution in [3.63, 3.8) is 0 Å². The predicted octanol–water partition coefficient (Wildman–Crippen LogP) is 13.5. The van der Waals surface area contributed by atoms with E-state index in [0.29, 0.717) is 17.5 Å². The minimum atomic E-state index is 0.556. The summed E-state index contributed by atoms with van der Waals surface area (Å²) in [6.45, 7) is 0. The van der Waals surface area contributed by atoms with E-state index < -0.39 is 0 Å². The van der Waals surface area contributed by atoms with Gasteiger partial charge in [-0.3, -0.25) is 0 Å². The molecule has 268 valence electrons. The Kier molecular flexibility index (Phi) is 7.83. The molecule has 8 aromatic carbocycles. The van der Waals surface area contributed by atoms with Gasteiger partial charge in [0.15, 0.2) is 17.5 Å². The van der Waals surface area contributed by atoms with E-state index in [1.54, 1.807) is 0 Å². The fourth-order valence-corrected chi connectivity index (χ4v) is 8.43. The first kappa shape index (κ1) is 33.1. The van der Waals surface area contributed by atoms with Gasteiger partial charge in [0.25, 0.3) is 0 Å². The molecule has 0 aliphatic heterocycles. The molecule has 0 saturated carbocycles. The van der Waals surface area contributed by atoms with Crippen LogP contribution in [0.2, 0.25) is 0 Å². The maximum atomic E-state index is 6.85. The van der Waals surface area contributed by atoms with Gasteiger partial charge in [0.05, 0.1) is 16.6 Å². The third-order valence-electron chi connectivity index (χ3n) is 10.8. The van der Waals surface area contributed by atoms with Gasteiger partial charge in [-0.2, -0.15) is 0 Å². The van der Waals surface area contributed by atoms with Crippen LogP contribution in [-0.4, -0.2) is 19.5 Å². The molecule has 5 nitrogen and oxygen atoms in total. The second-order valence-electron chi connectivity index (χ2n) is 14.2. The van der Waals surface area contributed by atoms with E-state index in [1.807, 2.05) is 72.8 Å². The van der Waals surface area contributed by atoms with E-state index >= 15 is 0 Å². The highest BCUT2D eigenvalue weighted by atomic mass is 32.1. The highest BCUT2D eigenvalue weighted by molar-refractivity contribution is 7.80. The lowest BCUT2D eigenvalue weighted by Crippen LogP contribution is -2.00. The molecule has 6 heteroatoms. The number of aromatic nitrogens is 4. The maximum Gasteiger partial charge on any atom is 0.167 e. The summed E-state index contributed by atoms with van der Waals surface area (Å²) >= 11 is 5.04. The number of thiol groups is 1. The first-order valence-corrected chi connectivity index (χ1v) is 19.4. The van der Waals surface area contributed by atoms with Crippen molar-refractivity contribution in [2.45, 2.75) is 4.90 Å². The highest BCUT2D eigenvalue weighted by Gasteiger charge is 2.20. The number of benzene rings is 8. The Hall–Kier alpha value is -7.28. The van der Waals surface area contributed by atoms with Crippen molar-refractivity contribution in [2.24, 2.45) is 0 Å². The van der Waals surface area contributed by atoms with Crippen LogP contribution >= 0.6 is 12.6 Å². The lowest BCUT2D eigenvalue weighted by molar-refractivity contribution is 0.670. The van der Waals surface area contributed by atoms with Gasteiger partial charge in [0.2, 0.25) is 0 Å². The smallest absolute Gasteiger partial charge is 0.167 e. The van der Waals surface area contributed by atoms with E-state index in [0.717, 1.165) is 71.5 Å². The summed E-state index contributed by atoms with van der Waals surface area (Å²) in [5, 5.41) is 4.52. The molecule has 0 aliphatic carbocycles. The molecule has 0 bridgehead atoms. The SMILES string of the molecule is Sc1cc(-c2cccc3c2oc2c(-c4nc(-c5ccccc5)nc(-c5ccccc5)n4)cccc23)ccc1-c1ccc(-n2c3ccccc3c3ccccc32)cc1. The van der Waals surface area contributed by atoms with Crippen LogP contribution < -0.4 is 0 Å². The van der Waals surface area contributed by atoms with E-state index in [9.17, 15) is 0 Å². The molecule has 0 unspecified atom stereocenters. The van der Waals surface area contributed by atoms with E-state index in [4.69, 9.17) is 32.0 Å². The van der Waals surface area contributed by atoms with Crippen LogP contribution in [0.3, 0.4) is 0 Å². The van der Waals surface area contributed by atoms with E-state index in [2.05, 4.69) is 120 Å². The van der Waals surface area contributed by atoms with Crippen molar-refractivity contribution in [2.75, 3.05) is 0 Å². The van der Waals surface area contributed by atoms with E-state index in [1.165, 1.54) is 21.8 Å². The molecule has 0 aliphatic rings. The molecule has 0 radical (unpaired) electrons. The molecule has 0 fully saturated rings. The predicted molar refractivity (Wildman–Crippen MR) is 236 cm³/mol. The first-order chi connectivity index (χ1) is 28.2. The molecule has 0 atom stereocenters. The second kappa shape index (κ2) is 13.5. The highest BCUT2D eigenvalue weighted by Crippen LogP contribution is 2.41. The molecule has 3 aromatic heterocycles. The Morgan fingerprint density at radius 2 is 0.860 bits per heavy atom. The monoisotopic (exact) mass is 748 g/mol. The van der Waals surface area contributed by atoms with Crippen molar-refractivity contribution >= 4 is 56.4 Å². The Morgan fingerprint density at radius 1 is 0.368 bits per heavy atom. The van der Waals surface area contributed by atoms with Crippen LogP contribution in [0.5, 0.6) is 0 Å². The summed E-state index contributed by atoms with van der Waals surface area (Å²) in [5.41, 5.74) is 11.9. The van der Waals surface area contributed by atoms with Gasteiger partial charge >= 0.3 is 0 Å². The summed E-state index contributed by atoms with van der Waals surface area (Å²) in [5.74, 6) is 1.77. The summed E-state index contributed by atoms with van der Waals surface area (Å²) in [6, 6.07) is 64.9. The lowest BCUT2D eigenvalue weighted by Gasteiger charge is -2.12. The van der Waals surface area contributed by atoms with Crippen molar-refractivity contribution in [3.05, 3.63) is 188 Å². The first-order valence-electron chi connectivity index (χ1n) is 18.9. The van der Waals surface area contributed by atoms with Gasteiger partial charge in [-0.05, 0) is 53.1 Å². The van der Waals surface area contributed by atoms with Gasteiger partial charge in [0, 0.05) is 48.8 Å². The minimum absolute atomic E-state index is 0.556. The quantitative estimate of drug-likeness (QED) is 0.172. The number of hydrogen-bond donors (Lipinski definition) is 1. The molecule has 57 heavy (non-hydrogen) atoms. The van der Waals surface area contributed by atoms with Crippen molar-refractivity contribution in [3.8, 4) is 62.1 Å². The van der Waals surface area contributed by atoms with Gasteiger partial charge < -0.3 is 8.98 Å². The van der Waals surface area contributed by atoms with Crippen LogP contribution in [0.25, 0.3) is 106 Å². The van der Waals surface area contributed by atoms with Gasteiger partial charge in [-0.15, -0.1) is 12.6 Å². The molecular weight excluding hydrogens is 717 g/mol. The molecule has 3 heterocycles. The summed E-state index contributed by atoms with van der Waals surface area (Å²) in [4.78, 5) is 15.8. The molecule has 0 amide bonds. The second-order valence-corrected chi connectivity index (χ2v) is 14.6. The fraction of sp³-hybridized carbons (Fsp3) is 0. The molecule has 11 rings (SSSR count). The minimum Gasteiger partial charge on any atom is -0.455 e. The molecule has 0 N–H and O–H groups in total. The van der Waals surface area contributed by atoms with Gasteiger partial charge in [0.1, 0.15) is 11.2 Å². The van der Waals surface area contributed by atoms with Crippen molar-refractivity contribution < 1.29 is 4.42 Å². The topological polar surface area (TPSA) is 56.7 Å². The van der Waals surface area contributed by atoms with Crippen molar-refractivity contribution in [1.82, 2.24) is 19.5 Å². The standard InChI is InChI=1S/C51H32N4OS/c57-46-31-35(27-30-37(46)32-25-28-36(29-26-32)55-44-23-9-7-17-39(44)40-18-8-10-24-45(40)55)38-19-11-20-41-42-21-12-22-43(48(42)56-47(38)41)51-53-49(33-13-3-1-4-14-33)52-50(54-51)34-15-5-2-6-16-34/h1-31,57H. The van der Waals surface area contributed by atoms with Gasteiger partial charge in [-0.1, -0.05) is 152 Å². The van der Waals surface area contributed by atoms with E-state index in [-0.39, 0.29) is 0 Å². The van der Waals surface area contributed by atoms with Crippen LogP contribution in [0, 0.1) is 0 Å². The molecule has 0 saturated heterocycles. The Labute approximate surface area is 334 Å². The normalized spacial score (nSPS) is 11.6. The number of para-hydroxylation sites is 4. The van der Waals surface area contributed by atoms with Crippen LogP contribution in [0.15, 0.2) is 197 Å². The average Bonchev–Trinajstić information content (AvgIpc) is 3.83. The summed E-state index contributed by atoms with van der Waals surface area (Å²) in [6.07, 6.45) is 0. The zero-order valence-electron chi connectivity index (χ0n) is 30.5. The fourth-order valence-electron chi connectivity index (χ4n) is 8.09. The zero-order valence-corrected chi connectivity index (χ0v) is 31.4. The molecular formula is C51H32N4OS. The Bertz CT molecular complexity index is 3190. The number of hydrogen-bond acceptors (Lipinski definition) is 5. The van der Waals surface area contributed by atoms with Crippen molar-refractivity contribution in [1.29, 1.82) is 0 Å². The van der Waals surface area contributed by atoms with Crippen LogP contribution in [0.1, 0.15) is 0 Å². The zero-order chi connectivity index (χ0) is 37.9. The average molecular weight is 749 g/mol. The van der Waals surface area contributed by atoms with Gasteiger partial charge in [-0.25, -0.2) is 15.0 Å². The van der Waals surface area contributed by atoms with Crippen LogP contribution in [0.4, 0.5) is 0 Å².